The summed E-state index contributed by atoms with van der Waals surface area (Å²) in [7, 11) is 0. The number of aryl methyl sites for hydroxylation is 2. The maximum atomic E-state index is 12.2. The number of benzene rings is 2. The van der Waals surface area contributed by atoms with Crippen molar-refractivity contribution < 1.29 is 14.3 Å². The van der Waals surface area contributed by atoms with Gasteiger partial charge in [-0.1, -0.05) is 49.7 Å². The van der Waals surface area contributed by atoms with Crippen LogP contribution in [0.15, 0.2) is 42.5 Å². The van der Waals surface area contributed by atoms with Crippen LogP contribution in [0.4, 0.5) is 5.69 Å². The van der Waals surface area contributed by atoms with Gasteiger partial charge >= 0.3 is 5.97 Å². The second kappa shape index (κ2) is 8.47. The van der Waals surface area contributed by atoms with Gasteiger partial charge in [0.2, 0.25) is 0 Å². The van der Waals surface area contributed by atoms with Crippen molar-refractivity contribution in [3.05, 3.63) is 64.7 Å². The van der Waals surface area contributed by atoms with Crippen LogP contribution < -0.4 is 5.32 Å². The summed E-state index contributed by atoms with van der Waals surface area (Å²) in [6, 6.07) is 13.3. The van der Waals surface area contributed by atoms with E-state index in [0.29, 0.717) is 11.5 Å². The first kappa shape index (κ1) is 18.7. The molecule has 1 amide bonds. The number of ether oxygens (including phenoxy) is 1. The monoisotopic (exact) mass is 339 g/mol. The zero-order valence-corrected chi connectivity index (χ0v) is 15.3. The van der Waals surface area contributed by atoms with Crippen molar-refractivity contribution in [2.75, 3.05) is 11.9 Å². The van der Waals surface area contributed by atoms with E-state index in [2.05, 4.69) is 19.2 Å². The summed E-state index contributed by atoms with van der Waals surface area (Å²) in [5.74, 6) is -0.477. The number of nitrogens with one attached hydrogen (secondary N) is 1. The van der Waals surface area contributed by atoms with Gasteiger partial charge in [-0.25, -0.2) is 4.79 Å². The Kier molecular flexibility index (Phi) is 6.34. The van der Waals surface area contributed by atoms with E-state index >= 15 is 0 Å². The van der Waals surface area contributed by atoms with Crippen LogP contribution in [0.1, 0.15) is 53.2 Å². The Hall–Kier alpha value is -2.62. The average Bonchev–Trinajstić information content (AvgIpc) is 2.61. The van der Waals surface area contributed by atoms with Crippen molar-refractivity contribution in [1.29, 1.82) is 0 Å². The zero-order valence-electron chi connectivity index (χ0n) is 15.3. The van der Waals surface area contributed by atoms with Crippen LogP contribution >= 0.6 is 0 Å². The van der Waals surface area contributed by atoms with Gasteiger partial charge in [-0.05, 0) is 49.4 Å². The first-order valence-electron chi connectivity index (χ1n) is 8.55. The maximum Gasteiger partial charge on any atom is 0.338 e. The van der Waals surface area contributed by atoms with Gasteiger partial charge in [0.25, 0.3) is 5.91 Å². The molecule has 2 rings (SSSR count). The molecule has 0 aliphatic rings. The molecule has 0 saturated heterocycles. The molecule has 0 unspecified atom stereocenters. The first-order valence-corrected chi connectivity index (χ1v) is 8.55. The molecule has 1 N–H and O–H groups in total. The first-order chi connectivity index (χ1) is 11.9. The molecule has 25 heavy (non-hydrogen) atoms. The van der Waals surface area contributed by atoms with E-state index in [1.54, 1.807) is 6.07 Å². The van der Waals surface area contributed by atoms with Crippen LogP contribution in [0, 0.1) is 13.8 Å². The minimum absolute atomic E-state index is 0.305. The molecule has 0 heterocycles. The SMILES string of the molecule is CC[C@@H](C)c1ccccc1NC(=O)COC(=O)c1cc(C)ccc1C. The molecule has 0 saturated carbocycles. The standard InChI is InChI=1S/C21H25NO3/c1-5-15(3)17-8-6-7-9-19(17)22-20(23)13-25-21(24)18-12-14(2)10-11-16(18)4/h6-12,15H,5,13H2,1-4H3,(H,22,23)/t15-/m1/s1. The number of carbonyl (C=O) groups is 2. The smallest absolute Gasteiger partial charge is 0.338 e. The number of hydrogen-bond acceptors (Lipinski definition) is 3. The van der Waals surface area contributed by atoms with Gasteiger partial charge in [-0.15, -0.1) is 0 Å². The highest BCUT2D eigenvalue weighted by atomic mass is 16.5. The Balaban J connectivity index is 2.00. The fraction of sp³-hybridized carbons (Fsp3) is 0.333. The molecule has 0 aliphatic heterocycles. The molecule has 2 aromatic carbocycles. The maximum absolute atomic E-state index is 12.2. The number of para-hydroxylation sites is 1. The van der Waals surface area contributed by atoms with Gasteiger partial charge in [0.1, 0.15) is 0 Å². The van der Waals surface area contributed by atoms with Crippen molar-refractivity contribution in [2.24, 2.45) is 0 Å². The number of hydrogen-bond donors (Lipinski definition) is 1. The Labute approximate surface area is 149 Å². The number of amides is 1. The van der Waals surface area contributed by atoms with Crippen molar-refractivity contribution in [2.45, 2.75) is 40.0 Å². The lowest BCUT2D eigenvalue weighted by molar-refractivity contribution is -0.119. The van der Waals surface area contributed by atoms with E-state index in [0.717, 1.165) is 28.8 Å². The molecule has 0 aromatic heterocycles. The van der Waals surface area contributed by atoms with Gasteiger partial charge in [0.05, 0.1) is 5.56 Å². The number of rotatable bonds is 6. The predicted octanol–water partition coefficient (Wildman–Crippen LogP) is 4.61. The molecule has 1 atom stereocenters. The quantitative estimate of drug-likeness (QED) is 0.782. The highest BCUT2D eigenvalue weighted by Gasteiger charge is 2.15. The molecule has 0 bridgehead atoms. The Morgan fingerprint density at radius 3 is 2.56 bits per heavy atom. The highest BCUT2D eigenvalue weighted by molar-refractivity contribution is 5.96. The molecule has 2 aromatic rings. The molecular weight excluding hydrogens is 314 g/mol. The van der Waals surface area contributed by atoms with E-state index in [4.69, 9.17) is 4.74 Å². The van der Waals surface area contributed by atoms with Crippen LogP contribution in [0.3, 0.4) is 0 Å². The highest BCUT2D eigenvalue weighted by Crippen LogP contribution is 2.26. The second-order valence-electron chi connectivity index (χ2n) is 6.34. The molecule has 4 nitrogen and oxygen atoms in total. The van der Waals surface area contributed by atoms with Gasteiger partial charge in [-0.2, -0.15) is 0 Å². The molecular formula is C21H25NO3. The van der Waals surface area contributed by atoms with Crippen LogP contribution in [-0.2, 0) is 9.53 Å². The van der Waals surface area contributed by atoms with E-state index < -0.39 is 5.97 Å². The lowest BCUT2D eigenvalue weighted by Gasteiger charge is -2.15. The summed E-state index contributed by atoms with van der Waals surface area (Å²) >= 11 is 0. The van der Waals surface area contributed by atoms with E-state index in [-0.39, 0.29) is 12.5 Å². The van der Waals surface area contributed by atoms with E-state index in [9.17, 15) is 9.59 Å². The zero-order chi connectivity index (χ0) is 18.4. The molecule has 0 aliphatic carbocycles. The molecule has 4 heteroatoms. The Morgan fingerprint density at radius 2 is 1.84 bits per heavy atom. The second-order valence-corrected chi connectivity index (χ2v) is 6.34. The normalized spacial score (nSPS) is 11.7. The van der Waals surface area contributed by atoms with Crippen LogP contribution in [0.2, 0.25) is 0 Å². The number of anilines is 1. The number of esters is 1. The average molecular weight is 339 g/mol. The summed E-state index contributed by atoms with van der Waals surface area (Å²) in [5, 5.41) is 2.84. The summed E-state index contributed by atoms with van der Waals surface area (Å²) in [4.78, 5) is 24.4. The molecule has 0 radical (unpaired) electrons. The van der Waals surface area contributed by atoms with Crippen LogP contribution in [0.25, 0.3) is 0 Å². The lowest BCUT2D eigenvalue weighted by atomic mass is 9.97. The van der Waals surface area contributed by atoms with Gasteiger partial charge < -0.3 is 10.1 Å². The Morgan fingerprint density at radius 1 is 1.12 bits per heavy atom. The van der Waals surface area contributed by atoms with Crippen LogP contribution in [0.5, 0.6) is 0 Å². The minimum Gasteiger partial charge on any atom is -0.452 e. The predicted molar refractivity (Wildman–Crippen MR) is 100.0 cm³/mol. The third-order valence-electron chi connectivity index (χ3n) is 4.33. The van der Waals surface area contributed by atoms with Crippen molar-refractivity contribution in [3.8, 4) is 0 Å². The third-order valence-corrected chi connectivity index (χ3v) is 4.33. The molecule has 0 fully saturated rings. The third kappa shape index (κ3) is 4.92. The fourth-order valence-electron chi connectivity index (χ4n) is 2.61. The minimum atomic E-state index is -0.480. The fourth-order valence-corrected chi connectivity index (χ4v) is 2.61. The number of carbonyl (C=O) groups excluding carboxylic acids is 2. The van der Waals surface area contributed by atoms with Crippen LogP contribution in [-0.4, -0.2) is 18.5 Å². The van der Waals surface area contributed by atoms with Crippen molar-refractivity contribution >= 4 is 17.6 Å². The Bertz CT molecular complexity index is 767. The summed E-state index contributed by atoms with van der Waals surface area (Å²) in [5.41, 5.74) is 4.15. The van der Waals surface area contributed by atoms with Gasteiger partial charge in [-0.3, -0.25) is 4.79 Å². The van der Waals surface area contributed by atoms with Gasteiger partial charge in [0.15, 0.2) is 6.61 Å². The summed E-state index contributed by atoms with van der Waals surface area (Å²) in [6.07, 6.45) is 0.981. The van der Waals surface area contributed by atoms with E-state index in [1.807, 2.05) is 50.2 Å². The van der Waals surface area contributed by atoms with Crippen molar-refractivity contribution in [1.82, 2.24) is 0 Å². The largest absolute Gasteiger partial charge is 0.452 e. The van der Waals surface area contributed by atoms with E-state index in [1.165, 1.54) is 0 Å². The molecule has 132 valence electrons. The lowest BCUT2D eigenvalue weighted by Crippen LogP contribution is -2.22. The topological polar surface area (TPSA) is 55.4 Å². The summed E-state index contributed by atoms with van der Waals surface area (Å²) < 4.78 is 5.17. The summed E-state index contributed by atoms with van der Waals surface area (Å²) in [6.45, 7) is 7.68. The van der Waals surface area contributed by atoms with Crippen molar-refractivity contribution in [3.63, 3.8) is 0 Å². The molecule has 0 spiro atoms. The van der Waals surface area contributed by atoms with Gasteiger partial charge in [0, 0.05) is 5.69 Å².